The average molecular weight is 256 g/mol. The number of rotatable bonds is 6. The second-order valence-corrected chi connectivity index (χ2v) is 6.06. The van der Waals surface area contributed by atoms with E-state index in [0.29, 0.717) is 19.0 Å². The summed E-state index contributed by atoms with van der Waals surface area (Å²) in [6, 6.07) is 0. The number of carbonyl (C=O) groups excluding carboxylic acids is 1. The second kappa shape index (κ2) is 7.10. The van der Waals surface area contributed by atoms with Crippen LogP contribution < -0.4 is 11.1 Å². The lowest BCUT2D eigenvalue weighted by Gasteiger charge is -2.38. The molecule has 1 fully saturated rings. The summed E-state index contributed by atoms with van der Waals surface area (Å²) in [5.41, 5.74) is 5.57. The Bertz CT molecular complexity index is 259. The molecule has 1 aliphatic carbocycles. The van der Waals surface area contributed by atoms with Gasteiger partial charge in [0.05, 0.1) is 5.60 Å². The van der Waals surface area contributed by atoms with Crippen molar-refractivity contribution in [3.05, 3.63) is 0 Å². The lowest BCUT2D eigenvalue weighted by Crippen LogP contribution is -2.46. The quantitative estimate of drug-likeness (QED) is 0.760. The summed E-state index contributed by atoms with van der Waals surface area (Å²) in [5.74, 6) is 1.19. The number of hydrogen-bond acceptors (Lipinski definition) is 3. The highest BCUT2D eigenvalue weighted by Crippen LogP contribution is 2.33. The molecule has 3 N–H and O–H groups in total. The molecule has 0 radical (unpaired) electrons. The molecule has 4 heteroatoms. The van der Waals surface area contributed by atoms with Crippen LogP contribution in [-0.4, -0.2) is 31.2 Å². The van der Waals surface area contributed by atoms with Crippen molar-refractivity contribution in [2.45, 2.75) is 52.1 Å². The number of hydrogen-bond donors (Lipinski definition) is 2. The van der Waals surface area contributed by atoms with Gasteiger partial charge in [0.2, 0.25) is 5.91 Å². The molecule has 0 bridgehead atoms. The highest BCUT2D eigenvalue weighted by Gasteiger charge is 2.34. The average Bonchev–Trinajstić information content (AvgIpc) is 2.36. The molecule has 1 amide bonds. The summed E-state index contributed by atoms with van der Waals surface area (Å²) < 4.78 is 5.83. The van der Waals surface area contributed by atoms with Gasteiger partial charge in [-0.2, -0.15) is 0 Å². The molecule has 0 aromatic rings. The molecule has 0 aliphatic heterocycles. The molecule has 0 atom stereocenters. The van der Waals surface area contributed by atoms with Crippen molar-refractivity contribution in [2.24, 2.45) is 17.6 Å². The Morgan fingerprint density at radius 1 is 1.44 bits per heavy atom. The van der Waals surface area contributed by atoms with Gasteiger partial charge in [0.1, 0.15) is 6.61 Å². The maximum absolute atomic E-state index is 11.6. The fourth-order valence-electron chi connectivity index (χ4n) is 2.28. The molecular formula is C14H28N2O2. The molecule has 1 saturated carbocycles. The van der Waals surface area contributed by atoms with Crippen molar-refractivity contribution < 1.29 is 9.53 Å². The second-order valence-electron chi connectivity index (χ2n) is 6.06. The Morgan fingerprint density at radius 2 is 2.06 bits per heavy atom. The largest absolute Gasteiger partial charge is 0.364 e. The van der Waals surface area contributed by atoms with Crippen molar-refractivity contribution >= 4 is 5.91 Å². The van der Waals surface area contributed by atoms with Gasteiger partial charge >= 0.3 is 0 Å². The molecule has 0 saturated heterocycles. The van der Waals surface area contributed by atoms with Gasteiger partial charge in [0.15, 0.2) is 0 Å². The van der Waals surface area contributed by atoms with E-state index in [0.717, 1.165) is 31.6 Å². The first-order chi connectivity index (χ1) is 8.47. The first-order valence-electron chi connectivity index (χ1n) is 7.08. The van der Waals surface area contributed by atoms with Crippen molar-refractivity contribution in [2.75, 3.05) is 19.7 Å². The van der Waals surface area contributed by atoms with Crippen LogP contribution in [0.25, 0.3) is 0 Å². The predicted molar refractivity (Wildman–Crippen MR) is 73.2 cm³/mol. The number of nitrogens with two attached hydrogens (primary N) is 1. The Balaban J connectivity index is 2.33. The molecule has 0 unspecified atom stereocenters. The summed E-state index contributed by atoms with van der Waals surface area (Å²) >= 11 is 0. The van der Waals surface area contributed by atoms with Crippen LogP contribution >= 0.6 is 0 Å². The molecule has 18 heavy (non-hydrogen) atoms. The highest BCUT2D eigenvalue weighted by atomic mass is 16.5. The summed E-state index contributed by atoms with van der Waals surface area (Å²) in [4.78, 5) is 11.6. The molecule has 0 aromatic heterocycles. The summed E-state index contributed by atoms with van der Waals surface area (Å²) in [6.45, 7) is 7.76. The Morgan fingerprint density at radius 3 is 2.56 bits per heavy atom. The van der Waals surface area contributed by atoms with Crippen LogP contribution in [0.4, 0.5) is 0 Å². The number of amides is 1. The van der Waals surface area contributed by atoms with E-state index < -0.39 is 0 Å². The smallest absolute Gasteiger partial charge is 0.246 e. The van der Waals surface area contributed by atoms with Crippen LogP contribution in [0.15, 0.2) is 0 Å². The van der Waals surface area contributed by atoms with E-state index in [2.05, 4.69) is 26.1 Å². The Labute approximate surface area is 111 Å². The lowest BCUT2D eigenvalue weighted by atomic mass is 9.79. The van der Waals surface area contributed by atoms with E-state index in [-0.39, 0.29) is 18.1 Å². The Kier molecular flexibility index (Phi) is 6.09. The van der Waals surface area contributed by atoms with E-state index in [1.807, 2.05) is 0 Å². The van der Waals surface area contributed by atoms with Gasteiger partial charge in [0, 0.05) is 13.1 Å². The highest BCUT2D eigenvalue weighted by molar-refractivity contribution is 5.77. The van der Waals surface area contributed by atoms with E-state index in [9.17, 15) is 4.79 Å². The number of carbonyl (C=O) groups is 1. The minimum atomic E-state index is -0.262. The van der Waals surface area contributed by atoms with E-state index in [1.165, 1.54) is 0 Å². The fourth-order valence-corrected chi connectivity index (χ4v) is 2.28. The normalized spacial score (nSPS) is 28.4. The molecule has 1 aliphatic rings. The van der Waals surface area contributed by atoms with Crippen LogP contribution in [0, 0.1) is 11.8 Å². The zero-order valence-corrected chi connectivity index (χ0v) is 12.0. The van der Waals surface area contributed by atoms with Crippen LogP contribution in [0.5, 0.6) is 0 Å². The maximum atomic E-state index is 11.6. The van der Waals surface area contributed by atoms with Crippen LogP contribution in [0.1, 0.15) is 46.5 Å². The molecule has 106 valence electrons. The topological polar surface area (TPSA) is 64.3 Å². The van der Waals surface area contributed by atoms with Crippen molar-refractivity contribution in [3.63, 3.8) is 0 Å². The molecule has 4 nitrogen and oxygen atoms in total. The predicted octanol–water partition coefficient (Wildman–Crippen LogP) is 1.68. The summed E-state index contributed by atoms with van der Waals surface area (Å²) in [7, 11) is 0. The monoisotopic (exact) mass is 256 g/mol. The molecule has 0 heterocycles. The van der Waals surface area contributed by atoms with Gasteiger partial charge in [-0.25, -0.2) is 0 Å². The lowest BCUT2D eigenvalue weighted by molar-refractivity contribution is -0.136. The van der Waals surface area contributed by atoms with Crippen molar-refractivity contribution in [1.29, 1.82) is 0 Å². The third kappa shape index (κ3) is 4.94. The van der Waals surface area contributed by atoms with Gasteiger partial charge in [-0.15, -0.1) is 0 Å². The minimum Gasteiger partial charge on any atom is -0.364 e. The third-order valence-electron chi connectivity index (χ3n) is 3.77. The minimum absolute atomic E-state index is 0.0323. The van der Waals surface area contributed by atoms with Crippen molar-refractivity contribution in [3.8, 4) is 0 Å². The Hall–Kier alpha value is -0.610. The SMILES string of the molecule is CC(C)CNC(=O)COC1(CN)CCC(C)CC1. The standard InChI is InChI=1S/C14H28N2O2/c1-11(2)8-16-13(17)9-18-14(10-15)6-4-12(3)5-7-14/h11-12H,4-10,15H2,1-3H3,(H,16,17). The fraction of sp³-hybridized carbons (Fsp3) is 0.929. The van der Waals surface area contributed by atoms with Crippen LogP contribution in [-0.2, 0) is 9.53 Å². The van der Waals surface area contributed by atoms with Gasteiger partial charge in [0.25, 0.3) is 0 Å². The van der Waals surface area contributed by atoms with Crippen LogP contribution in [0.3, 0.4) is 0 Å². The first-order valence-corrected chi connectivity index (χ1v) is 7.08. The molecule has 0 spiro atoms. The summed E-state index contributed by atoms with van der Waals surface area (Å²) in [5, 5.41) is 2.87. The van der Waals surface area contributed by atoms with Gasteiger partial charge in [-0.05, 0) is 37.5 Å². The zero-order chi connectivity index (χ0) is 13.6. The van der Waals surface area contributed by atoms with E-state index in [4.69, 9.17) is 10.5 Å². The summed E-state index contributed by atoms with van der Waals surface area (Å²) in [6.07, 6.45) is 4.24. The van der Waals surface area contributed by atoms with Crippen LogP contribution in [0.2, 0.25) is 0 Å². The van der Waals surface area contributed by atoms with Gasteiger partial charge in [-0.1, -0.05) is 20.8 Å². The number of nitrogens with one attached hydrogen (secondary N) is 1. The van der Waals surface area contributed by atoms with E-state index >= 15 is 0 Å². The maximum Gasteiger partial charge on any atom is 0.246 e. The molecule has 0 aromatic carbocycles. The van der Waals surface area contributed by atoms with E-state index in [1.54, 1.807) is 0 Å². The first kappa shape index (κ1) is 15.4. The third-order valence-corrected chi connectivity index (χ3v) is 3.77. The van der Waals surface area contributed by atoms with Crippen molar-refractivity contribution in [1.82, 2.24) is 5.32 Å². The zero-order valence-electron chi connectivity index (χ0n) is 12.0. The number of ether oxygens (including phenoxy) is 1. The van der Waals surface area contributed by atoms with Gasteiger partial charge < -0.3 is 15.8 Å². The molecular weight excluding hydrogens is 228 g/mol. The van der Waals surface area contributed by atoms with Gasteiger partial charge in [-0.3, -0.25) is 4.79 Å². The molecule has 1 rings (SSSR count).